The van der Waals surface area contributed by atoms with Gasteiger partial charge >= 0.3 is 0 Å². The minimum atomic E-state index is -3.17. The first-order chi connectivity index (χ1) is 6.56. The molecule has 0 aromatic heterocycles. The Morgan fingerprint density at radius 2 is 1.86 bits per heavy atom. The van der Waals surface area contributed by atoms with E-state index in [0.29, 0.717) is 16.3 Å². The van der Waals surface area contributed by atoms with E-state index in [1.54, 1.807) is 18.2 Å². The van der Waals surface area contributed by atoms with Crippen LogP contribution >= 0.6 is 11.6 Å². The van der Waals surface area contributed by atoms with Gasteiger partial charge in [-0.15, -0.1) is 6.58 Å². The maximum Gasteiger partial charge on any atom is 0.178 e. The quantitative estimate of drug-likeness (QED) is 0.746. The van der Waals surface area contributed by atoms with Gasteiger partial charge in [0.1, 0.15) is 0 Å². The van der Waals surface area contributed by atoms with Crippen molar-refractivity contribution in [2.75, 3.05) is 5.75 Å². The first-order valence-corrected chi connectivity index (χ1v) is 6.18. The van der Waals surface area contributed by atoms with Crippen molar-refractivity contribution in [3.63, 3.8) is 0 Å². The van der Waals surface area contributed by atoms with E-state index < -0.39 is 9.84 Å². The molecule has 0 radical (unpaired) electrons. The lowest BCUT2D eigenvalue weighted by Gasteiger charge is -2.01. The van der Waals surface area contributed by atoms with Gasteiger partial charge in [-0.25, -0.2) is 8.42 Å². The van der Waals surface area contributed by atoms with Crippen molar-refractivity contribution in [1.29, 1.82) is 0 Å². The fourth-order valence-electron chi connectivity index (χ4n) is 0.998. The van der Waals surface area contributed by atoms with Crippen molar-refractivity contribution >= 4 is 21.4 Å². The van der Waals surface area contributed by atoms with Crippen molar-refractivity contribution in [1.82, 2.24) is 0 Å². The van der Waals surface area contributed by atoms with E-state index >= 15 is 0 Å². The largest absolute Gasteiger partial charge is 0.224 e. The minimum absolute atomic E-state index is 0.0954. The number of halogens is 1. The molecule has 2 nitrogen and oxygen atoms in total. The van der Waals surface area contributed by atoms with Crippen LogP contribution in [0.5, 0.6) is 0 Å². The third-order valence-electron chi connectivity index (χ3n) is 1.76. The highest BCUT2D eigenvalue weighted by molar-refractivity contribution is 7.91. The molecule has 0 atom stereocenters. The number of benzene rings is 1. The summed E-state index contributed by atoms with van der Waals surface area (Å²) in [7, 11) is -3.17. The van der Waals surface area contributed by atoms with Gasteiger partial charge in [0.25, 0.3) is 0 Å². The van der Waals surface area contributed by atoms with E-state index in [2.05, 4.69) is 6.58 Å². The Bertz CT molecular complexity index is 406. The summed E-state index contributed by atoms with van der Waals surface area (Å²) >= 11 is 5.66. The molecule has 14 heavy (non-hydrogen) atoms. The van der Waals surface area contributed by atoms with E-state index in [4.69, 9.17) is 11.6 Å². The van der Waals surface area contributed by atoms with Crippen molar-refractivity contribution in [2.45, 2.75) is 11.3 Å². The molecule has 0 aliphatic carbocycles. The molecule has 0 saturated heterocycles. The molecule has 0 amide bonds. The first-order valence-electron chi connectivity index (χ1n) is 4.15. The normalized spacial score (nSPS) is 11.2. The molecule has 0 aliphatic heterocycles. The van der Waals surface area contributed by atoms with E-state index in [9.17, 15) is 8.42 Å². The predicted octanol–water partition coefficient (Wildman–Crippen LogP) is 2.69. The lowest BCUT2D eigenvalue weighted by molar-refractivity contribution is 0.596. The van der Waals surface area contributed by atoms with Gasteiger partial charge in [0, 0.05) is 5.02 Å². The summed E-state index contributed by atoms with van der Waals surface area (Å²) in [5.74, 6) is 0.0954. The van der Waals surface area contributed by atoms with Crippen LogP contribution in [-0.2, 0) is 9.84 Å². The van der Waals surface area contributed by atoms with Crippen molar-refractivity contribution in [3.05, 3.63) is 41.9 Å². The Balaban J connectivity index is 2.93. The van der Waals surface area contributed by atoms with Crippen LogP contribution in [0.4, 0.5) is 0 Å². The molecule has 0 fully saturated rings. The minimum Gasteiger partial charge on any atom is -0.224 e. The Kier molecular flexibility index (Phi) is 3.72. The second-order valence-electron chi connectivity index (χ2n) is 2.85. The zero-order chi connectivity index (χ0) is 10.6. The summed E-state index contributed by atoms with van der Waals surface area (Å²) in [6.45, 7) is 3.49. The fraction of sp³-hybridized carbons (Fsp3) is 0.200. The molecule has 0 bridgehead atoms. The molecule has 1 aromatic carbocycles. The zero-order valence-electron chi connectivity index (χ0n) is 7.61. The average Bonchev–Trinajstić information content (AvgIpc) is 2.16. The molecular formula is C10H11ClO2S. The maximum atomic E-state index is 11.6. The number of hydrogen-bond donors (Lipinski definition) is 0. The molecule has 1 rings (SSSR count). The highest BCUT2D eigenvalue weighted by Crippen LogP contribution is 2.15. The second kappa shape index (κ2) is 4.62. The van der Waals surface area contributed by atoms with Gasteiger partial charge in [-0.2, -0.15) is 0 Å². The van der Waals surface area contributed by atoms with Crippen LogP contribution in [0.25, 0.3) is 0 Å². The Hall–Kier alpha value is -0.800. The molecule has 76 valence electrons. The van der Waals surface area contributed by atoms with Gasteiger partial charge in [0.05, 0.1) is 10.6 Å². The fourth-order valence-corrected chi connectivity index (χ4v) is 2.39. The van der Waals surface area contributed by atoms with Crippen molar-refractivity contribution in [3.8, 4) is 0 Å². The Labute approximate surface area is 89.1 Å². The molecule has 0 aliphatic rings. The van der Waals surface area contributed by atoms with Gasteiger partial charge in [-0.05, 0) is 30.7 Å². The summed E-state index contributed by atoms with van der Waals surface area (Å²) in [6, 6.07) is 6.17. The third kappa shape index (κ3) is 2.86. The molecule has 0 N–H and O–H groups in total. The summed E-state index contributed by atoms with van der Waals surface area (Å²) in [5, 5.41) is 0.535. The SMILES string of the molecule is C=CCCS(=O)(=O)c1ccc(Cl)cc1. The first kappa shape index (κ1) is 11.3. The van der Waals surface area contributed by atoms with Crippen LogP contribution in [-0.4, -0.2) is 14.2 Å². The summed E-state index contributed by atoms with van der Waals surface area (Å²) in [4.78, 5) is 0.309. The van der Waals surface area contributed by atoms with Crippen LogP contribution in [0.15, 0.2) is 41.8 Å². The van der Waals surface area contributed by atoms with Crippen molar-refractivity contribution < 1.29 is 8.42 Å². The lowest BCUT2D eigenvalue weighted by Crippen LogP contribution is -2.05. The number of sulfone groups is 1. The standard InChI is InChI=1S/C10H11ClO2S/c1-2-3-8-14(12,13)10-6-4-9(11)5-7-10/h2,4-7H,1,3,8H2. The van der Waals surface area contributed by atoms with Gasteiger partial charge in [0.2, 0.25) is 0 Å². The molecule has 4 heteroatoms. The predicted molar refractivity (Wildman–Crippen MR) is 58.3 cm³/mol. The molecule has 0 saturated carbocycles. The number of hydrogen-bond acceptors (Lipinski definition) is 2. The monoisotopic (exact) mass is 230 g/mol. The van der Waals surface area contributed by atoms with Crippen LogP contribution < -0.4 is 0 Å². The number of rotatable bonds is 4. The van der Waals surface area contributed by atoms with Crippen LogP contribution in [0, 0.1) is 0 Å². The van der Waals surface area contributed by atoms with E-state index in [-0.39, 0.29) is 5.75 Å². The van der Waals surface area contributed by atoms with E-state index in [1.165, 1.54) is 12.1 Å². The molecule has 0 heterocycles. The lowest BCUT2D eigenvalue weighted by atomic mass is 10.4. The molecule has 1 aromatic rings. The summed E-state index contributed by atoms with van der Waals surface area (Å²) in [6.07, 6.45) is 2.05. The van der Waals surface area contributed by atoms with Gasteiger partial charge < -0.3 is 0 Å². The smallest absolute Gasteiger partial charge is 0.178 e. The Morgan fingerprint density at radius 1 is 1.29 bits per heavy atom. The maximum absolute atomic E-state index is 11.6. The highest BCUT2D eigenvalue weighted by Gasteiger charge is 2.12. The molecule has 0 spiro atoms. The van der Waals surface area contributed by atoms with Gasteiger partial charge in [0.15, 0.2) is 9.84 Å². The van der Waals surface area contributed by atoms with Gasteiger partial charge in [-0.1, -0.05) is 17.7 Å². The van der Waals surface area contributed by atoms with E-state index in [1.807, 2.05) is 0 Å². The zero-order valence-corrected chi connectivity index (χ0v) is 9.18. The average molecular weight is 231 g/mol. The molecule has 0 unspecified atom stereocenters. The van der Waals surface area contributed by atoms with Gasteiger partial charge in [-0.3, -0.25) is 0 Å². The van der Waals surface area contributed by atoms with Crippen molar-refractivity contribution in [2.24, 2.45) is 0 Å². The van der Waals surface area contributed by atoms with Crippen LogP contribution in [0.3, 0.4) is 0 Å². The number of allylic oxidation sites excluding steroid dienone is 1. The topological polar surface area (TPSA) is 34.1 Å². The Morgan fingerprint density at radius 3 is 2.36 bits per heavy atom. The second-order valence-corrected chi connectivity index (χ2v) is 5.40. The third-order valence-corrected chi connectivity index (χ3v) is 3.78. The summed E-state index contributed by atoms with van der Waals surface area (Å²) in [5.41, 5.74) is 0. The molecular weight excluding hydrogens is 220 g/mol. The summed E-state index contributed by atoms with van der Waals surface area (Å²) < 4.78 is 23.2. The van der Waals surface area contributed by atoms with Crippen LogP contribution in [0.2, 0.25) is 5.02 Å². The highest BCUT2D eigenvalue weighted by atomic mass is 35.5. The van der Waals surface area contributed by atoms with Crippen LogP contribution in [0.1, 0.15) is 6.42 Å². The van der Waals surface area contributed by atoms with E-state index in [0.717, 1.165) is 0 Å².